The quantitative estimate of drug-likeness (QED) is 0.509. The molecule has 0 aromatic carbocycles. The molecule has 69 valence electrons. The van der Waals surface area contributed by atoms with Crippen LogP contribution in [0.15, 0.2) is 0 Å². The Kier molecular flexibility index (Phi) is 3.08. The first kappa shape index (κ1) is 8.59. The summed E-state index contributed by atoms with van der Waals surface area (Å²) in [4.78, 5) is 0. The van der Waals surface area contributed by atoms with E-state index in [-0.39, 0.29) is 0 Å². The molecule has 0 aromatic rings. The predicted octanol–water partition coefficient (Wildman–Crippen LogP) is 3.96. The minimum atomic E-state index is 1.01. The Hall–Kier alpha value is 0. The zero-order valence-electron chi connectivity index (χ0n) is 8.10. The van der Waals surface area contributed by atoms with Crippen LogP contribution in [0.5, 0.6) is 0 Å². The third kappa shape index (κ3) is 2.02. The Morgan fingerprint density at radius 1 is 0.750 bits per heavy atom. The fourth-order valence-electron chi connectivity index (χ4n) is 2.96. The Morgan fingerprint density at radius 2 is 1.50 bits per heavy atom. The van der Waals surface area contributed by atoms with Crippen LogP contribution >= 0.6 is 0 Å². The minimum Gasteiger partial charge on any atom is -0.0533 e. The van der Waals surface area contributed by atoms with Gasteiger partial charge in [-0.2, -0.15) is 0 Å². The van der Waals surface area contributed by atoms with E-state index >= 15 is 0 Å². The van der Waals surface area contributed by atoms with Gasteiger partial charge in [-0.25, -0.2) is 0 Å². The van der Waals surface area contributed by atoms with Gasteiger partial charge in [0, 0.05) is 0 Å². The molecule has 0 bridgehead atoms. The van der Waals surface area contributed by atoms with Crippen LogP contribution in [0.25, 0.3) is 0 Å². The number of hydrogen-bond donors (Lipinski definition) is 0. The highest BCUT2D eigenvalue weighted by molar-refractivity contribution is 4.86. The van der Waals surface area contributed by atoms with E-state index in [0.29, 0.717) is 0 Å². The molecule has 0 aromatic heterocycles. The summed E-state index contributed by atoms with van der Waals surface area (Å²) >= 11 is 0. The Labute approximate surface area is 76.7 Å². The molecule has 12 heavy (non-hydrogen) atoms. The maximum Gasteiger partial charge on any atom is -0.0352 e. The molecule has 2 unspecified atom stereocenters. The van der Waals surface area contributed by atoms with Crippen LogP contribution in [0.2, 0.25) is 0 Å². The lowest BCUT2D eigenvalue weighted by atomic mass is 9.84. The lowest BCUT2D eigenvalue weighted by molar-refractivity contribution is 0.339. The van der Waals surface area contributed by atoms with Crippen molar-refractivity contribution in [2.24, 2.45) is 11.8 Å². The first-order valence-corrected chi connectivity index (χ1v) is 5.80. The van der Waals surface area contributed by atoms with Crippen LogP contribution in [0.3, 0.4) is 0 Å². The summed E-state index contributed by atoms with van der Waals surface area (Å²) in [7, 11) is 0. The molecule has 2 aliphatic carbocycles. The molecule has 2 atom stereocenters. The Morgan fingerprint density at radius 3 is 2.42 bits per heavy atom. The molecule has 0 amide bonds. The summed E-state index contributed by atoms with van der Waals surface area (Å²) in [5.74, 6) is 2.09. The molecule has 0 spiro atoms. The molecule has 0 nitrogen and oxygen atoms in total. The van der Waals surface area contributed by atoms with Gasteiger partial charge >= 0.3 is 0 Å². The van der Waals surface area contributed by atoms with Crippen LogP contribution in [0, 0.1) is 18.3 Å². The number of fused-ring (bicyclic) bond motifs is 1. The van der Waals surface area contributed by atoms with Crippen molar-refractivity contribution in [2.75, 3.05) is 0 Å². The summed E-state index contributed by atoms with van der Waals surface area (Å²) < 4.78 is 0. The van der Waals surface area contributed by atoms with Gasteiger partial charge in [-0.05, 0) is 31.1 Å². The van der Waals surface area contributed by atoms with Gasteiger partial charge in [-0.3, -0.25) is 0 Å². The van der Waals surface area contributed by atoms with Crippen molar-refractivity contribution in [3.05, 3.63) is 6.42 Å². The van der Waals surface area contributed by atoms with Crippen LogP contribution < -0.4 is 0 Å². The molecule has 0 heterocycles. The maximum atomic E-state index is 2.64. The van der Waals surface area contributed by atoms with Crippen molar-refractivity contribution >= 4 is 0 Å². The summed E-state index contributed by atoms with van der Waals surface area (Å²) in [6.45, 7) is 0. The third-order valence-electron chi connectivity index (χ3n) is 3.72. The zero-order chi connectivity index (χ0) is 8.23. The smallest absolute Gasteiger partial charge is 0.0352 e. The van der Waals surface area contributed by atoms with Gasteiger partial charge in [0.1, 0.15) is 0 Å². The largest absolute Gasteiger partial charge is 0.0533 e. The van der Waals surface area contributed by atoms with Crippen LogP contribution in [0.1, 0.15) is 57.8 Å². The van der Waals surface area contributed by atoms with Crippen LogP contribution in [-0.4, -0.2) is 0 Å². The highest BCUT2D eigenvalue weighted by Gasteiger charge is 2.24. The second-order valence-electron chi connectivity index (χ2n) is 4.58. The lowest BCUT2D eigenvalue weighted by Crippen LogP contribution is -2.11. The summed E-state index contributed by atoms with van der Waals surface area (Å²) in [5.41, 5.74) is 0. The molecule has 0 aliphatic heterocycles. The number of rotatable bonds is 0. The lowest BCUT2D eigenvalue weighted by Gasteiger charge is -2.21. The average Bonchev–Trinajstić information content (AvgIpc) is 2.38. The van der Waals surface area contributed by atoms with E-state index in [0.717, 1.165) is 11.8 Å². The summed E-state index contributed by atoms with van der Waals surface area (Å²) in [6.07, 6.45) is 16.1. The van der Waals surface area contributed by atoms with Gasteiger partial charge in [0.25, 0.3) is 0 Å². The van der Waals surface area contributed by atoms with Gasteiger partial charge in [0.2, 0.25) is 0 Å². The average molecular weight is 165 g/mol. The van der Waals surface area contributed by atoms with E-state index in [4.69, 9.17) is 0 Å². The normalized spacial score (nSPS) is 38.0. The maximum absolute atomic E-state index is 2.64. The van der Waals surface area contributed by atoms with Gasteiger partial charge in [0.05, 0.1) is 0 Å². The fraction of sp³-hybridized carbons (Fsp3) is 0.917. The van der Waals surface area contributed by atoms with Crippen molar-refractivity contribution in [1.29, 1.82) is 0 Å². The molecule has 2 fully saturated rings. The molecule has 2 aliphatic rings. The summed E-state index contributed by atoms with van der Waals surface area (Å²) in [6, 6.07) is 0. The van der Waals surface area contributed by atoms with E-state index in [1.807, 2.05) is 0 Å². The van der Waals surface area contributed by atoms with Gasteiger partial charge < -0.3 is 0 Å². The van der Waals surface area contributed by atoms with Crippen LogP contribution in [-0.2, 0) is 0 Å². The van der Waals surface area contributed by atoms with Crippen molar-refractivity contribution in [3.8, 4) is 0 Å². The second kappa shape index (κ2) is 4.30. The molecule has 1 radical (unpaired) electrons. The van der Waals surface area contributed by atoms with Crippen molar-refractivity contribution in [2.45, 2.75) is 57.8 Å². The standard InChI is InChI=1S/C12H21/c1-3-7-11-9-5-2-6-10-12(11)8-4-1/h7,11-12H,1-6,8-10H2. The molecule has 0 N–H and O–H groups in total. The molecule has 2 saturated carbocycles. The molecule has 0 saturated heterocycles. The highest BCUT2D eigenvalue weighted by Crippen LogP contribution is 2.37. The summed E-state index contributed by atoms with van der Waals surface area (Å²) in [5, 5.41) is 0. The minimum absolute atomic E-state index is 1.01. The highest BCUT2D eigenvalue weighted by atomic mass is 14.3. The topological polar surface area (TPSA) is 0 Å². The van der Waals surface area contributed by atoms with E-state index in [2.05, 4.69) is 6.42 Å². The van der Waals surface area contributed by atoms with E-state index < -0.39 is 0 Å². The second-order valence-corrected chi connectivity index (χ2v) is 4.58. The molecule has 0 heteroatoms. The van der Waals surface area contributed by atoms with Crippen molar-refractivity contribution in [3.63, 3.8) is 0 Å². The zero-order valence-corrected chi connectivity index (χ0v) is 8.10. The Balaban J connectivity index is 1.94. The Bertz CT molecular complexity index is 100. The van der Waals surface area contributed by atoms with Crippen molar-refractivity contribution in [1.82, 2.24) is 0 Å². The predicted molar refractivity (Wildman–Crippen MR) is 52.8 cm³/mol. The molecular weight excluding hydrogens is 144 g/mol. The monoisotopic (exact) mass is 165 g/mol. The van der Waals surface area contributed by atoms with Gasteiger partial charge in [-0.15, -0.1) is 0 Å². The van der Waals surface area contributed by atoms with Gasteiger partial charge in [-0.1, -0.05) is 44.9 Å². The van der Waals surface area contributed by atoms with E-state index in [1.165, 1.54) is 57.8 Å². The first-order chi connectivity index (χ1) is 5.97. The third-order valence-corrected chi connectivity index (χ3v) is 3.72. The SMILES string of the molecule is [CH]1CCCCC2CCCCCC12. The number of hydrogen-bond acceptors (Lipinski definition) is 0. The van der Waals surface area contributed by atoms with Crippen LogP contribution in [0.4, 0.5) is 0 Å². The van der Waals surface area contributed by atoms with Gasteiger partial charge in [0.15, 0.2) is 0 Å². The fourth-order valence-corrected chi connectivity index (χ4v) is 2.96. The van der Waals surface area contributed by atoms with Crippen molar-refractivity contribution < 1.29 is 0 Å². The van der Waals surface area contributed by atoms with E-state index in [1.54, 1.807) is 0 Å². The molecular formula is C12H21. The first-order valence-electron chi connectivity index (χ1n) is 5.80. The molecule has 2 rings (SSSR count). The van der Waals surface area contributed by atoms with E-state index in [9.17, 15) is 0 Å².